The van der Waals surface area contributed by atoms with E-state index in [1.54, 1.807) is 7.11 Å². The van der Waals surface area contributed by atoms with E-state index < -0.39 is 6.10 Å². The predicted molar refractivity (Wildman–Crippen MR) is 125 cm³/mol. The van der Waals surface area contributed by atoms with E-state index in [-0.39, 0.29) is 17.8 Å². The predicted octanol–water partition coefficient (Wildman–Crippen LogP) is 2.15. The monoisotopic (exact) mass is 451 g/mol. The average Bonchev–Trinajstić information content (AvgIpc) is 3.21. The van der Waals surface area contributed by atoms with E-state index in [4.69, 9.17) is 9.47 Å². The van der Waals surface area contributed by atoms with Crippen molar-refractivity contribution in [3.8, 4) is 11.8 Å². The van der Waals surface area contributed by atoms with Crippen molar-refractivity contribution in [2.24, 2.45) is 11.8 Å². The number of β-amino-alcohol motifs (C(OH)–C–C–N with tert-alkyl or cyclic N) is 1. The lowest BCUT2D eigenvalue weighted by Crippen LogP contribution is -2.51. The first kappa shape index (κ1) is 23.5. The molecule has 0 radical (unpaired) electrons. The Kier molecular flexibility index (Phi) is 7.18. The van der Waals surface area contributed by atoms with Crippen LogP contribution in [0.25, 0.3) is 0 Å². The van der Waals surface area contributed by atoms with Gasteiger partial charge in [0.15, 0.2) is 0 Å². The third-order valence-corrected chi connectivity index (χ3v) is 7.34. The second-order valence-corrected chi connectivity index (χ2v) is 9.31. The van der Waals surface area contributed by atoms with Gasteiger partial charge in [-0.3, -0.25) is 14.6 Å². The van der Waals surface area contributed by atoms with Crippen LogP contribution in [0.15, 0.2) is 41.5 Å². The van der Waals surface area contributed by atoms with Crippen molar-refractivity contribution >= 4 is 5.97 Å². The number of ether oxygens (including phenoxy) is 2. The van der Waals surface area contributed by atoms with Crippen molar-refractivity contribution in [3.05, 3.63) is 52.6 Å². The molecule has 7 heteroatoms. The van der Waals surface area contributed by atoms with Crippen molar-refractivity contribution in [2.45, 2.75) is 32.4 Å². The fourth-order valence-corrected chi connectivity index (χ4v) is 5.22. The van der Waals surface area contributed by atoms with Gasteiger partial charge in [-0.25, -0.2) is 0 Å². The lowest BCUT2D eigenvalue weighted by Gasteiger charge is -2.39. The molecule has 2 heterocycles. The number of hydrogen-bond donors (Lipinski definition) is 1. The molecule has 2 fully saturated rings. The van der Waals surface area contributed by atoms with Crippen molar-refractivity contribution < 1.29 is 19.4 Å². The number of carbonyl (C=O) groups excluding carboxylic acids is 1. The molecule has 0 aromatic heterocycles. The molecule has 4 rings (SSSR count). The van der Waals surface area contributed by atoms with Crippen LogP contribution >= 0.6 is 0 Å². The van der Waals surface area contributed by atoms with Crippen LogP contribution < -0.4 is 4.74 Å². The summed E-state index contributed by atoms with van der Waals surface area (Å²) < 4.78 is 10.5. The summed E-state index contributed by atoms with van der Waals surface area (Å²) in [5.74, 6) is 0.337. The Bertz CT molecular complexity index is 988. The summed E-state index contributed by atoms with van der Waals surface area (Å²) in [6, 6.07) is 8.33. The molecule has 33 heavy (non-hydrogen) atoms. The highest BCUT2D eigenvalue weighted by Gasteiger charge is 2.39. The molecule has 1 N–H and O–H groups in total. The minimum absolute atomic E-state index is 0.0608. The Hall–Kier alpha value is -2.66. The first-order valence-electron chi connectivity index (χ1n) is 11.7. The highest BCUT2D eigenvalue weighted by Crippen LogP contribution is 2.36. The molecular formula is C26H33N3O4. The number of benzene rings is 1. The van der Waals surface area contributed by atoms with Gasteiger partial charge in [-0.05, 0) is 43.5 Å². The molecule has 2 aliphatic heterocycles. The number of methoxy groups -OCH3 is 1. The zero-order chi connectivity index (χ0) is 23.5. The minimum Gasteiger partial charge on any atom is -0.495 e. The zero-order valence-corrected chi connectivity index (χ0v) is 19.7. The van der Waals surface area contributed by atoms with Crippen LogP contribution in [0.1, 0.15) is 25.0 Å². The summed E-state index contributed by atoms with van der Waals surface area (Å²) in [7, 11) is 1.59. The summed E-state index contributed by atoms with van der Waals surface area (Å²) in [5, 5.41) is 20.1. The Morgan fingerprint density at radius 1 is 1.30 bits per heavy atom. The molecule has 0 saturated carbocycles. The van der Waals surface area contributed by atoms with Gasteiger partial charge in [-0.1, -0.05) is 23.8 Å². The molecule has 7 nitrogen and oxygen atoms in total. The Morgan fingerprint density at radius 2 is 2.06 bits per heavy atom. The van der Waals surface area contributed by atoms with Crippen LogP contribution in [-0.2, 0) is 16.0 Å². The number of fused-ring (bicyclic) bond motifs is 1. The molecule has 1 aliphatic carbocycles. The lowest BCUT2D eigenvalue weighted by molar-refractivity contribution is -0.140. The third kappa shape index (κ3) is 4.98. The minimum atomic E-state index is -0.562. The van der Waals surface area contributed by atoms with Crippen LogP contribution in [0.5, 0.6) is 5.75 Å². The Labute approximate surface area is 195 Å². The molecule has 4 atom stereocenters. The van der Waals surface area contributed by atoms with Gasteiger partial charge < -0.3 is 14.6 Å². The van der Waals surface area contributed by atoms with Crippen LogP contribution in [0.2, 0.25) is 0 Å². The van der Waals surface area contributed by atoms with Crippen LogP contribution in [0.4, 0.5) is 0 Å². The molecule has 0 spiro atoms. The summed E-state index contributed by atoms with van der Waals surface area (Å²) in [6.07, 6.45) is 4.14. The molecule has 4 unspecified atom stereocenters. The summed E-state index contributed by atoms with van der Waals surface area (Å²) in [4.78, 5) is 16.6. The van der Waals surface area contributed by atoms with E-state index in [0.29, 0.717) is 30.5 Å². The normalized spacial score (nSPS) is 25.4. The molecular weight excluding hydrogens is 418 g/mol. The van der Waals surface area contributed by atoms with E-state index in [9.17, 15) is 15.2 Å². The number of aliphatic hydroxyl groups is 1. The van der Waals surface area contributed by atoms with Crippen LogP contribution in [0, 0.1) is 23.2 Å². The van der Waals surface area contributed by atoms with Gasteiger partial charge in [-0.2, -0.15) is 5.26 Å². The number of aliphatic hydroxyl groups excluding tert-OH is 1. The van der Waals surface area contributed by atoms with Gasteiger partial charge in [0.05, 0.1) is 31.3 Å². The highest BCUT2D eigenvalue weighted by atomic mass is 16.5. The zero-order valence-electron chi connectivity index (χ0n) is 19.7. The fourth-order valence-electron chi connectivity index (χ4n) is 5.22. The molecule has 176 valence electrons. The Balaban J connectivity index is 1.29. The van der Waals surface area contributed by atoms with Crippen molar-refractivity contribution in [2.75, 3.05) is 46.4 Å². The van der Waals surface area contributed by atoms with Gasteiger partial charge in [0.2, 0.25) is 0 Å². The summed E-state index contributed by atoms with van der Waals surface area (Å²) >= 11 is 0. The molecule has 0 amide bonds. The lowest BCUT2D eigenvalue weighted by atomic mass is 9.80. The van der Waals surface area contributed by atoms with E-state index in [1.807, 2.05) is 37.3 Å². The molecule has 3 aliphatic rings. The van der Waals surface area contributed by atoms with E-state index in [2.05, 4.69) is 22.8 Å². The number of nitriles is 1. The standard InChI is InChI=1S/C26H33N3O4/c1-17(12-19-4-5-20(14-27)25(13-19)32-3)29-10-8-28(9-11-29)15-24(30)21-6-7-22-23(18(21)2)16-33-26(22)31/h4-7,13,17,22-24,30H,8-12,15-16H2,1-3H3. The maximum Gasteiger partial charge on any atom is 0.313 e. The molecule has 0 bridgehead atoms. The van der Waals surface area contributed by atoms with E-state index in [0.717, 1.165) is 49.3 Å². The third-order valence-electron chi connectivity index (χ3n) is 7.34. The van der Waals surface area contributed by atoms with Crippen molar-refractivity contribution in [1.29, 1.82) is 5.26 Å². The number of cyclic esters (lactones) is 1. The number of hydrogen-bond acceptors (Lipinski definition) is 7. The number of nitrogens with zero attached hydrogens (tertiary/aromatic N) is 3. The highest BCUT2D eigenvalue weighted by molar-refractivity contribution is 5.78. The first-order valence-corrected chi connectivity index (χ1v) is 11.7. The summed E-state index contributed by atoms with van der Waals surface area (Å²) in [5.41, 5.74) is 3.73. The van der Waals surface area contributed by atoms with Gasteiger partial charge in [0.1, 0.15) is 11.8 Å². The van der Waals surface area contributed by atoms with E-state index in [1.165, 1.54) is 0 Å². The largest absolute Gasteiger partial charge is 0.495 e. The number of esters is 1. The molecule has 1 aromatic carbocycles. The smallest absolute Gasteiger partial charge is 0.313 e. The van der Waals surface area contributed by atoms with Gasteiger partial charge in [-0.15, -0.1) is 0 Å². The molecule has 2 saturated heterocycles. The quantitative estimate of drug-likeness (QED) is 0.636. The SMILES string of the molecule is COc1cc(CC(C)N2CCN(CC(O)C3=C(C)C4COC(=O)C4C=C3)CC2)ccc1C#N. The van der Waals surface area contributed by atoms with Crippen molar-refractivity contribution in [1.82, 2.24) is 9.80 Å². The number of rotatable bonds is 7. The maximum atomic E-state index is 11.8. The average molecular weight is 452 g/mol. The fraction of sp³-hybridized carbons (Fsp3) is 0.538. The first-order chi connectivity index (χ1) is 15.9. The van der Waals surface area contributed by atoms with Gasteiger partial charge in [0, 0.05) is 44.7 Å². The van der Waals surface area contributed by atoms with Gasteiger partial charge in [0.25, 0.3) is 0 Å². The van der Waals surface area contributed by atoms with Crippen molar-refractivity contribution in [3.63, 3.8) is 0 Å². The van der Waals surface area contributed by atoms with Crippen LogP contribution in [-0.4, -0.2) is 79.5 Å². The maximum absolute atomic E-state index is 11.8. The van der Waals surface area contributed by atoms with Gasteiger partial charge >= 0.3 is 5.97 Å². The second-order valence-electron chi connectivity index (χ2n) is 9.31. The Morgan fingerprint density at radius 3 is 2.76 bits per heavy atom. The summed E-state index contributed by atoms with van der Waals surface area (Å²) in [6.45, 7) is 8.96. The second kappa shape index (κ2) is 10.1. The number of carbonyl (C=O) groups is 1. The topological polar surface area (TPSA) is 86.0 Å². The van der Waals surface area contributed by atoms with E-state index >= 15 is 0 Å². The van der Waals surface area contributed by atoms with Crippen LogP contribution in [0.3, 0.4) is 0 Å². The molecule has 1 aromatic rings. The number of piperazine rings is 1.